The lowest BCUT2D eigenvalue weighted by Gasteiger charge is -2.07. The molecule has 0 amide bonds. The number of nitrogens with two attached hydrogens (primary N) is 1. The SMILES string of the molecule is Cc1ccc(COc2cccn3cc(CN)nc23)cc1. The van der Waals surface area contributed by atoms with E-state index in [-0.39, 0.29) is 0 Å². The first kappa shape index (κ1) is 12.7. The van der Waals surface area contributed by atoms with Gasteiger partial charge in [0.25, 0.3) is 0 Å². The molecule has 0 spiro atoms. The lowest BCUT2D eigenvalue weighted by Crippen LogP contribution is -1.98. The minimum absolute atomic E-state index is 0.430. The second kappa shape index (κ2) is 5.35. The molecule has 4 nitrogen and oxygen atoms in total. The first-order valence-electron chi connectivity index (χ1n) is 6.61. The summed E-state index contributed by atoms with van der Waals surface area (Å²) in [5.74, 6) is 0.771. The quantitative estimate of drug-likeness (QED) is 0.790. The van der Waals surface area contributed by atoms with E-state index in [4.69, 9.17) is 10.5 Å². The number of fused-ring (bicyclic) bond motifs is 1. The first-order valence-corrected chi connectivity index (χ1v) is 6.61. The van der Waals surface area contributed by atoms with Crippen molar-refractivity contribution in [1.29, 1.82) is 0 Å². The van der Waals surface area contributed by atoms with Crippen LogP contribution in [0, 0.1) is 6.92 Å². The highest BCUT2D eigenvalue weighted by Gasteiger charge is 2.06. The Labute approximate surface area is 117 Å². The van der Waals surface area contributed by atoms with E-state index in [2.05, 4.69) is 36.2 Å². The number of rotatable bonds is 4. The van der Waals surface area contributed by atoms with E-state index in [0.717, 1.165) is 22.7 Å². The number of benzene rings is 1. The Morgan fingerprint density at radius 3 is 2.75 bits per heavy atom. The maximum atomic E-state index is 5.88. The highest BCUT2D eigenvalue weighted by atomic mass is 16.5. The van der Waals surface area contributed by atoms with Crippen LogP contribution >= 0.6 is 0 Å². The molecule has 4 heteroatoms. The summed E-state index contributed by atoms with van der Waals surface area (Å²) >= 11 is 0. The van der Waals surface area contributed by atoms with Crippen molar-refractivity contribution in [3.8, 4) is 5.75 Å². The van der Waals surface area contributed by atoms with Gasteiger partial charge in [-0.2, -0.15) is 0 Å². The van der Waals surface area contributed by atoms with Crippen LogP contribution in [0.25, 0.3) is 5.65 Å². The van der Waals surface area contributed by atoms with Crippen LogP contribution in [0.5, 0.6) is 5.75 Å². The molecule has 1 aromatic carbocycles. The monoisotopic (exact) mass is 267 g/mol. The third kappa shape index (κ3) is 2.51. The summed E-state index contributed by atoms with van der Waals surface area (Å²) in [6.45, 7) is 3.04. The zero-order chi connectivity index (χ0) is 13.9. The standard InChI is InChI=1S/C16H17N3O/c1-12-4-6-13(7-5-12)11-20-15-3-2-8-19-10-14(9-17)18-16(15)19/h2-8,10H,9,11,17H2,1H3. The number of nitrogens with zero attached hydrogens (tertiary/aromatic N) is 2. The lowest BCUT2D eigenvalue weighted by atomic mass is 10.2. The second-order valence-corrected chi connectivity index (χ2v) is 4.81. The molecule has 0 bridgehead atoms. The van der Waals surface area contributed by atoms with Gasteiger partial charge in [0, 0.05) is 18.9 Å². The van der Waals surface area contributed by atoms with E-state index < -0.39 is 0 Å². The molecule has 2 heterocycles. The predicted molar refractivity (Wildman–Crippen MR) is 78.6 cm³/mol. The maximum Gasteiger partial charge on any atom is 0.179 e. The largest absolute Gasteiger partial charge is 0.485 e. The topological polar surface area (TPSA) is 52.5 Å². The summed E-state index contributed by atoms with van der Waals surface area (Å²) in [5, 5.41) is 0. The summed E-state index contributed by atoms with van der Waals surface area (Å²) in [6, 6.07) is 12.2. The van der Waals surface area contributed by atoms with E-state index in [0.29, 0.717) is 13.2 Å². The van der Waals surface area contributed by atoms with E-state index in [1.165, 1.54) is 5.56 Å². The number of aryl methyl sites for hydroxylation is 1. The fourth-order valence-corrected chi connectivity index (χ4v) is 2.09. The number of pyridine rings is 1. The second-order valence-electron chi connectivity index (χ2n) is 4.81. The Bertz CT molecular complexity index is 716. The third-order valence-corrected chi connectivity index (χ3v) is 3.22. The smallest absolute Gasteiger partial charge is 0.179 e. The van der Waals surface area contributed by atoms with Gasteiger partial charge in [0.1, 0.15) is 6.61 Å². The Hall–Kier alpha value is -2.33. The molecule has 0 aliphatic carbocycles. The van der Waals surface area contributed by atoms with E-state index in [1.807, 2.05) is 28.9 Å². The maximum absolute atomic E-state index is 5.88. The van der Waals surface area contributed by atoms with Gasteiger partial charge >= 0.3 is 0 Å². The van der Waals surface area contributed by atoms with E-state index >= 15 is 0 Å². The highest BCUT2D eigenvalue weighted by molar-refractivity contribution is 5.54. The van der Waals surface area contributed by atoms with Gasteiger partial charge < -0.3 is 14.9 Å². The van der Waals surface area contributed by atoms with Crippen molar-refractivity contribution in [1.82, 2.24) is 9.38 Å². The molecule has 0 unspecified atom stereocenters. The van der Waals surface area contributed by atoms with Crippen LogP contribution in [-0.2, 0) is 13.2 Å². The van der Waals surface area contributed by atoms with Gasteiger partial charge in [-0.1, -0.05) is 29.8 Å². The van der Waals surface area contributed by atoms with Gasteiger partial charge in [-0.3, -0.25) is 0 Å². The molecule has 3 rings (SSSR count). The Morgan fingerprint density at radius 1 is 1.20 bits per heavy atom. The molecule has 2 N–H and O–H groups in total. The van der Waals surface area contributed by atoms with Crippen molar-refractivity contribution in [2.45, 2.75) is 20.1 Å². The minimum Gasteiger partial charge on any atom is -0.485 e. The summed E-state index contributed by atoms with van der Waals surface area (Å²) < 4.78 is 7.82. The van der Waals surface area contributed by atoms with Crippen LogP contribution in [0.1, 0.15) is 16.8 Å². The number of imidazole rings is 1. The van der Waals surface area contributed by atoms with Crippen molar-refractivity contribution < 1.29 is 4.74 Å². The van der Waals surface area contributed by atoms with Gasteiger partial charge in [0.15, 0.2) is 11.4 Å². The summed E-state index contributed by atoms with van der Waals surface area (Å²) in [6.07, 6.45) is 3.87. The molecule has 0 radical (unpaired) electrons. The number of aromatic nitrogens is 2. The molecule has 2 aromatic heterocycles. The molecule has 20 heavy (non-hydrogen) atoms. The van der Waals surface area contributed by atoms with Gasteiger partial charge in [-0.05, 0) is 24.6 Å². The number of ether oxygens (including phenoxy) is 1. The van der Waals surface area contributed by atoms with Crippen molar-refractivity contribution in [3.63, 3.8) is 0 Å². The molecular weight excluding hydrogens is 250 g/mol. The van der Waals surface area contributed by atoms with Gasteiger partial charge in [0.05, 0.1) is 5.69 Å². The molecule has 0 atom stereocenters. The van der Waals surface area contributed by atoms with Crippen molar-refractivity contribution in [3.05, 3.63) is 65.6 Å². The molecule has 0 saturated carbocycles. The first-order chi connectivity index (χ1) is 9.76. The van der Waals surface area contributed by atoms with Crippen LogP contribution < -0.4 is 10.5 Å². The van der Waals surface area contributed by atoms with Gasteiger partial charge in [0.2, 0.25) is 0 Å². The molecule has 0 aliphatic heterocycles. The summed E-state index contributed by atoms with van der Waals surface area (Å²) in [7, 11) is 0. The van der Waals surface area contributed by atoms with Crippen LogP contribution in [-0.4, -0.2) is 9.38 Å². The van der Waals surface area contributed by atoms with Gasteiger partial charge in [-0.25, -0.2) is 4.98 Å². The zero-order valence-corrected chi connectivity index (χ0v) is 11.4. The molecule has 0 saturated heterocycles. The zero-order valence-electron chi connectivity index (χ0n) is 11.4. The molecule has 0 fully saturated rings. The highest BCUT2D eigenvalue weighted by Crippen LogP contribution is 2.20. The van der Waals surface area contributed by atoms with E-state index in [9.17, 15) is 0 Å². The molecule has 3 aromatic rings. The number of hydrogen-bond donors (Lipinski definition) is 1. The normalized spacial score (nSPS) is 10.9. The minimum atomic E-state index is 0.430. The summed E-state index contributed by atoms with van der Waals surface area (Å²) in [4.78, 5) is 4.47. The predicted octanol–water partition coefficient (Wildman–Crippen LogP) is 2.68. The molecular formula is C16H17N3O. The van der Waals surface area contributed by atoms with Gasteiger partial charge in [-0.15, -0.1) is 0 Å². The number of hydrogen-bond acceptors (Lipinski definition) is 3. The molecule has 0 aliphatic rings. The van der Waals surface area contributed by atoms with Crippen LogP contribution in [0.4, 0.5) is 0 Å². The third-order valence-electron chi connectivity index (χ3n) is 3.22. The Balaban J connectivity index is 1.83. The van der Waals surface area contributed by atoms with Crippen molar-refractivity contribution in [2.24, 2.45) is 5.73 Å². The van der Waals surface area contributed by atoms with Crippen LogP contribution in [0.2, 0.25) is 0 Å². The average molecular weight is 267 g/mol. The molecule has 102 valence electrons. The van der Waals surface area contributed by atoms with Crippen LogP contribution in [0.15, 0.2) is 48.8 Å². The Morgan fingerprint density at radius 2 is 2.00 bits per heavy atom. The van der Waals surface area contributed by atoms with Crippen LogP contribution in [0.3, 0.4) is 0 Å². The summed E-state index contributed by atoms with van der Waals surface area (Å²) in [5.41, 5.74) is 9.68. The Kier molecular flexibility index (Phi) is 3.39. The van der Waals surface area contributed by atoms with Crippen molar-refractivity contribution >= 4 is 5.65 Å². The fraction of sp³-hybridized carbons (Fsp3) is 0.188. The van der Waals surface area contributed by atoms with Crippen molar-refractivity contribution in [2.75, 3.05) is 0 Å². The fourth-order valence-electron chi connectivity index (χ4n) is 2.09. The average Bonchev–Trinajstić information content (AvgIpc) is 2.90. The lowest BCUT2D eigenvalue weighted by molar-refractivity contribution is 0.308. The van der Waals surface area contributed by atoms with E-state index in [1.54, 1.807) is 0 Å².